The fourth-order valence-electron chi connectivity index (χ4n) is 1.44. The average molecular weight is 266 g/mol. The van der Waals surface area contributed by atoms with Crippen molar-refractivity contribution in [3.05, 3.63) is 41.6 Å². The molecular weight excluding hydrogens is 254 g/mol. The Labute approximate surface area is 109 Å². The van der Waals surface area contributed by atoms with Crippen LogP contribution in [-0.2, 0) is 6.54 Å². The van der Waals surface area contributed by atoms with Gasteiger partial charge in [0.2, 0.25) is 0 Å². The van der Waals surface area contributed by atoms with Crippen LogP contribution in [0.25, 0.3) is 0 Å². The molecule has 2 heterocycles. The summed E-state index contributed by atoms with van der Waals surface area (Å²) in [5.41, 5.74) is 5.84. The summed E-state index contributed by atoms with van der Waals surface area (Å²) in [6, 6.07) is 1.45. The number of pyridine rings is 1. The molecule has 6 nitrogen and oxygen atoms in total. The van der Waals surface area contributed by atoms with Crippen LogP contribution in [-0.4, -0.2) is 27.0 Å². The number of nitrogens with one attached hydrogen (secondary N) is 1. The smallest absolute Gasteiger partial charge is 0.253 e. The predicted octanol–water partition coefficient (Wildman–Crippen LogP) is 0.944. The summed E-state index contributed by atoms with van der Waals surface area (Å²) in [5, 5.41) is 3.03. The molecule has 0 aliphatic heterocycles. The number of nitrogens with zero attached hydrogens (tertiary/aromatic N) is 3. The lowest BCUT2D eigenvalue weighted by atomic mass is 10.2. The van der Waals surface area contributed by atoms with Crippen molar-refractivity contribution in [3.8, 4) is 0 Å². The number of carbonyl (C=O) groups is 1. The van der Waals surface area contributed by atoms with E-state index >= 15 is 0 Å². The van der Waals surface area contributed by atoms with Crippen LogP contribution in [0.5, 0.6) is 0 Å². The topological polar surface area (TPSA) is 85.8 Å². The van der Waals surface area contributed by atoms with Crippen molar-refractivity contribution >= 4 is 23.3 Å². The maximum atomic E-state index is 11.8. The Bertz CT molecular complexity index is 540. The van der Waals surface area contributed by atoms with Gasteiger partial charge in [-0.2, -0.15) is 0 Å². The second-order valence-corrected chi connectivity index (χ2v) is 4.05. The van der Waals surface area contributed by atoms with E-state index in [0.717, 1.165) is 0 Å². The maximum absolute atomic E-state index is 11.8. The highest BCUT2D eigenvalue weighted by Crippen LogP contribution is 2.16. The first-order valence-electron chi connectivity index (χ1n) is 5.32. The lowest BCUT2D eigenvalue weighted by molar-refractivity contribution is 0.0952. The number of rotatable bonds is 4. The highest BCUT2D eigenvalue weighted by Gasteiger charge is 2.10. The second kappa shape index (κ2) is 5.50. The fraction of sp³-hybridized carbons (Fsp3) is 0.182. The van der Waals surface area contributed by atoms with Gasteiger partial charge in [0.15, 0.2) is 0 Å². The zero-order valence-corrected chi connectivity index (χ0v) is 10.3. The quantitative estimate of drug-likeness (QED) is 0.862. The van der Waals surface area contributed by atoms with Crippen LogP contribution < -0.4 is 11.1 Å². The molecule has 0 saturated carbocycles. The van der Waals surface area contributed by atoms with Crippen LogP contribution in [0.2, 0.25) is 5.02 Å². The number of anilines is 1. The SMILES string of the molecule is Nc1cc(C(=O)NCCn2ccnc2)c(Cl)cn1. The van der Waals surface area contributed by atoms with Gasteiger partial charge in [0, 0.05) is 31.7 Å². The molecule has 18 heavy (non-hydrogen) atoms. The molecule has 0 radical (unpaired) electrons. The number of hydrogen-bond acceptors (Lipinski definition) is 4. The predicted molar refractivity (Wildman–Crippen MR) is 68.2 cm³/mol. The monoisotopic (exact) mass is 265 g/mol. The molecule has 0 aliphatic rings. The van der Waals surface area contributed by atoms with Crippen LogP contribution in [0, 0.1) is 0 Å². The number of halogens is 1. The largest absolute Gasteiger partial charge is 0.384 e. The summed E-state index contributed by atoms with van der Waals surface area (Å²) >= 11 is 5.88. The van der Waals surface area contributed by atoms with Crippen molar-refractivity contribution in [2.75, 3.05) is 12.3 Å². The van der Waals surface area contributed by atoms with Crippen LogP contribution in [0.15, 0.2) is 31.0 Å². The summed E-state index contributed by atoms with van der Waals surface area (Å²) in [6.07, 6.45) is 6.55. The van der Waals surface area contributed by atoms with E-state index in [1.807, 2.05) is 10.8 Å². The molecule has 0 fully saturated rings. The molecule has 0 bridgehead atoms. The molecular formula is C11H12ClN5O. The summed E-state index contributed by atoms with van der Waals surface area (Å²) < 4.78 is 1.86. The minimum atomic E-state index is -0.269. The molecule has 0 saturated heterocycles. The number of hydrogen-bond donors (Lipinski definition) is 2. The number of carbonyl (C=O) groups excluding carboxylic acids is 1. The Morgan fingerprint density at radius 3 is 3.11 bits per heavy atom. The van der Waals surface area contributed by atoms with Crippen molar-refractivity contribution in [1.29, 1.82) is 0 Å². The van der Waals surface area contributed by atoms with E-state index in [-0.39, 0.29) is 16.7 Å². The zero-order valence-electron chi connectivity index (χ0n) is 9.51. The number of aromatic nitrogens is 3. The van der Waals surface area contributed by atoms with Gasteiger partial charge in [0.05, 0.1) is 16.9 Å². The third-order valence-electron chi connectivity index (χ3n) is 2.34. The van der Waals surface area contributed by atoms with Crippen LogP contribution in [0.1, 0.15) is 10.4 Å². The van der Waals surface area contributed by atoms with Crippen LogP contribution in [0.4, 0.5) is 5.82 Å². The van der Waals surface area contributed by atoms with E-state index < -0.39 is 0 Å². The molecule has 1 amide bonds. The van der Waals surface area contributed by atoms with Gasteiger partial charge in [-0.25, -0.2) is 9.97 Å². The highest BCUT2D eigenvalue weighted by atomic mass is 35.5. The Balaban J connectivity index is 1.93. The molecule has 0 spiro atoms. The van der Waals surface area contributed by atoms with Gasteiger partial charge in [-0.05, 0) is 6.07 Å². The molecule has 0 unspecified atom stereocenters. The van der Waals surface area contributed by atoms with Gasteiger partial charge in [0.25, 0.3) is 5.91 Å². The van der Waals surface area contributed by atoms with Crippen LogP contribution >= 0.6 is 11.6 Å². The van der Waals surface area contributed by atoms with Crippen molar-refractivity contribution in [1.82, 2.24) is 19.9 Å². The van der Waals surface area contributed by atoms with E-state index in [1.165, 1.54) is 12.3 Å². The van der Waals surface area contributed by atoms with Gasteiger partial charge in [-0.15, -0.1) is 0 Å². The third kappa shape index (κ3) is 2.98. The van der Waals surface area contributed by atoms with Gasteiger partial charge in [-0.1, -0.05) is 11.6 Å². The lowest BCUT2D eigenvalue weighted by Crippen LogP contribution is -2.27. The molecule has 0 aliphatic carbocycles. The van der Waals surface area contributed by atoms with E-state index in [9.17, 15) is 4.79 Å². The number of amides is 1. The third-order valence-corrected chi connectivity index (χ3v) is 2.64. The van der Waals surface area contributed by atoms with Crippen molar-refractivity contribution in [2.24, 2.45) is 0 Å². The highest BCUT2D eigenvalue weighted by molar-refractivity contribution is 6.33. The Hall–Kier alpha value is -2.08. The molecule has 2 aromatic heterocycles. The van der Waals surface area contributed by atoms with Crippen molar-refractivity contribution in [3.63, 3.8) is 0 Å². The first-order valence-corrected chi connectivity index (χ1v) is 5.69. The molecule has 2 aromatic rings. The van der Waals surface area contributed by atoms with Crippen molar-refractivity contribution < 1.29 is 4.79 Å². The minimum Gasteiger partial charge on any atom is -0.384 e. The normalized spacial score (nSPS) is 10.3. The van der Waals surface area contributed by atoms with Crippen LogP contribution in [0.3, 0.4) is 0 Å². The number of nitrogens with two attached hydrogens (primary N) is 1. The van der Waals surface area contributed by atoms with Crippen molar-refractivity contribution in [2.45, 2.75) is 6.54 Å². The summed E-state index contributed by atoms with van der Waals surface area (Å²) in [4.78, 5) is 19.5. The molecule has 0 aromatic carbocycles. The van der Waals surface area contributed by atoms with Gasteiger partial charge in [0.1, 0.15) is 5.82 Å². The van der Waals surface area contributed by atoms with E-state index in [0.29, 0.717) is 18.7 Å². The average Bonchev–Trinajstić information content (AvgIpc) is 2.85. The molecule has 94 valence electrons. The zero-order chi connectivity index (χ0) is 13.0. The van der Waals surface area contributed by atoms with Gasteiger partial charge in [-0.3, -0.25) is 4.79 Å². The Morgan fingerprint density at radius 2 is 2.39 bits per heavy atom. The Kier molecular flexibility index (Phi) is 3.78. The summed E-state index contributed by atoms with van der Waals surface area (Å²) in [7, 11) is 0. The first kappa shape index (κ1) is 12.4. The van der Waals surface area contributed by atoms with Gasteiger partial charge < -0.3 is 15.6 Å². The standard InChI is InChI=1S/C11H12ClN5O/c12-9-6-16-10(13)5-8(9)11(18)15-2-4-17-3-1-14-7-17/h1,3,5-7H,2,4H2,(H2,13,16)(H,15,18). The maximum Gasteiger partial charge on any atom is 0.253 e. The van der Waals surface area contributed by atoms with E-state index in [4.69, 9.17) is 17.3 Å². The first-order chi connectivity index (χ1) is 8.66. The molecule has 2 rings (SSSR count). The van der Waals surface area contributed by atoms with Gasteiger partial charge >= 0.3 is 0 Å². The fourth-order valence-corrected chi connectivity index (χ4v) is 1.63. The Morgan fingerprint density at radius 1 is 1.56 bits per heavy atom. The van der Waals surface area contributed by atoms with E-state index in [2.05, 4.69) is 15.3 Å². The second-order valence-electron chi connectivity index (χ2n) is 3.65. The minimum absolute atomic E-state index is 0.263. The molecule has 3 N–H and O–H groups in total. The summed E-state index contributed by atoms with van der Waals surface area (Å²) in [5.74, 6) is -0.00613. The summed E-state index contributed by atoms with van der Waals surface area (Å²) in [6.45, 7) is 1.12. The molecule has 0 atom stereocenters. The lowest BCUT2D eigenvalue weighted by Gasteiger charge is -2.07. The number of imidazole rings is 1. The number of nitrogen functional groups attached to an aromatic ring is 1. The van der Waals surface area contributed by atoms with E-state index in [1.54, 1.807) is 12.5 Å². The molecule has 7 heteroatoms.